The zero-order valence-electron chi connectivity index (χ0n) is 13.7. The van der Waals surface area contributed by atoms with Crippen molar-refractivity contribution in [2.24, 2.45) is 5.92 Å². The predicted molar refractivity (Wildman–Crippen MR) is 85.5 cm³/mol. The molecule has 1 saturated heterocycles. The molecule has 126 valence electrons. The van der Waals surface area contributed by atoms with Crippen molar-refractivity contribution >= 4 is 10.2 Å². The Morgan fingerprint density at radius 2 is 2.00 bits per heavy atom. The van der Waals surface area contributed by atoms with Gasteiger partial charge in [-0.05, 0) is 44.7 Å². The molecule has 1 heterocycles. The lowest BCUT2D eigenvalue weighted by atomic mass is 9.98. The molecular formula is C14H31N3O3S. The maximum atomic E-state index is 12.4. The topological polar surface area (TPSA) is 61.9 Å². The van der Waals surface area contributed by atoms with E-state index in [-0.39, 0.29) is 0 Å². The molecule has 7 heteroatoms. The molecule has 0 aromatic rings. The van der Waals surface area contributed by atoms with Crippen molar-refractivity contribution < 1.29 is 13.2 Å². The van der Waals surface area contributed by atoms with Crippen LogP contribution >= 0.6 is 0 Å². The maximum Gasteiger partial charge on any atom is 0.281 e. The van der Waals surface area contributed by atoms with Gasteiger partial charge in [-0.3, -0.25) is 0 Å². The van der Waals surface area contributed by atoms with E-state index in [0.29, 0.717) is 32.2 Å². The highest BCUT2D eigenvalue weighted by molar-refractivity contribution is 7.86. The van der Waals surface area contributed by atoms with Crippen molar-refractivity contribution in [3.05, 3.63) is 0 Å². The molecule has 0 radical (unpaired) electrons. The lowest BCUT2D eigenvalue weighted by molar-refractivity contribution is 0.187. The van der Waals surface area contributed by atoms with Gasteiger partial charge in [0.2, 0.25) is 0 Å². The second kappa shape index (κ2) is 9.74. The van der Waals surface area contributed by atoms with Gasteiger partial charge in [-0.2, -0.15) is 17.0 Å². The quantitative estimate of drug-likeness (QED) is 0.608. The van der Waals surface area contributed by atoms with Gasteiger partial charge in [0.05, 0.1) is 0 Å². The van der Waals surface area contributed by atoms with E-state index < -0.39 is 10.2 Å². The van der Waals surface area contributed by atoms with E-state index in [2.05, 4.69) is 12.2 Å². The fraction of sp³-hybridized carbons (Fsp3) is 1.00. The van der Waals surface area contributed by atoms with Gasteiger partial charge in [0.25, 0.3) is 10.2 Å². The second-order valence-electron chi connectivity index (χ2n) is 5.72. The maximum absolute atomic E-state index is 12.4. The summed E-state index contributed by atoms with van der Waals surface area (Å²) in [6.45, 7) is 6.57. The Labute approximate surface area is 130 Å². The smallest absolute Gasteiger partial charge is 0.281 e. The molecule has 1 fully saturated rings. The van der Waals surface area contributed by atoms with Crippen LogP contribution < -0.4 is 5.32 Å². The van der Waals surface area contributed by atoms with E-state index in [0.717, 1.165) is 38.8 Å². The van der Waals surface area contributed by atoms with Crippen molar-refractivity contribution in [1.82, 2.24) is 13.9 Å². The van der Waals surface area contributed by atoms with E-state index in [4.69, 9.17) is 4.74 Å². The lowest BCUT2D eigenvalue weighted by Gasteiger charge is -2.33. The summed E-state index contributed by atoms with van der Waals surface area (Å²) in [4.78, 5) is 0. The van der Waals surface area contributed by atoms with Gasteiger partial charge in [-0.15, -0.1) is 0 Å². The second-order valence-corrected chi connectivity index (χ2v) is 7.76. The van der Waals surface area contributed by atoms with Crippen molar-refractivity contribution in [3.63, 3.8) is 0 Å². The molecule has 0 aliphatic carbocycles. The molecular weight excluding hydrogens is 290 g/mol. The zero-order valence-corrected chi connectivity index (χ0v) is 14.5. The van der Waals surface area contributed by atoms with Crippen LogP contribution in [0.15, 0.2) is 0 Å². The number of ether oxygens (including phenoxy) is 1. The third-order valence-electron chi connectivity index (χ3n) is 3.97. The molecule has 1 aliphatic rings. The Morgan fingerprint density at radius 1 is 1.33 bits per heavy atom. The number of nitrogens with one attached hydrogen (secondary N) is 1. The van der Waals surface area contributed by atoms with Gasteiger partial charge in [0.15, 0.2) is 0 Å². The van der Waals surface area contributed by atoms with Crippen molar-refractivity contribution in [3.8, 4) is 0 Å². The first-order valence-corrected chi connectivity index (χ1v) is 9.33. The summed E-state index contributed by atoms with van der Waals surface area (Å²) in [6.07, 6.45) is 3.76. The lowest BCUT2D eigenvalue weighted by Crippen LogP contribution is -2.47. The fourth-order valence-electron chi connectivity index (χ4n) is 2.57. The summed E-state index contributed by atoms with van der Waals surface area (Å²) < 4.78 is 32.9. The summed E-state index contributed by atoms with van der Waals surface area (Å²) in [6, 6.07) is 0. The standard InChI is InChI=1S/C14H31N3O3S/c1-4-8-15-13-14-6-10-17(11-7-14)21(18,19)16(2)9-5-12-20-3/h14-15H,4-13H2,1-3H3. The molecule has 0 amide bonds. The fourth-order valence-corrected chi connectivity index (χ4v) is 4.00. The number of hydrogen-bond acceptors (Lipinski definition) is 4. The highest BCUT2D eigenvalue weighted by atomic mass is 32.2. The van der Waals surface area contributed by atoms with Gasteiger partial charge >= 0.3 is 0 Å². The van der Waals surface area contributed by atoms with Crippen molar-refractivity contribution in [2.45, 2.75) is 32.6 Å². The Morgan fingerprint density at radius 3 is 2.57 bits per heavy atom. The molecule has 1 aliphatic heterocycles. The number of piperidine rings is 1. The van der Waals surface area contributed by atoms with E-state index in [1.807, 2.05) is 0 Å². The van der Waals surface area contributed by atoms with Crippen LogP contribution in [0.4, 0.5) is 0 Å². The molecule has 0 unspecified atom stereocenters. The molecule has 21 heavy (non-hydrogen) atoms. The van der Waals surface area contributed by atoms with E-state index >= 15 is 0 Å². The minimum atomic E-state index is -3.30. The van der Waals surface area contributed by atoms with E-state index in [1.54, 1.807) is 18.5 Å². The number of hydrogen-bond donors (Lipinski definition) is 1. The Bertz CT molecular complexity index is 368. The van der Waals surface area contributed by atoms with Crippen LogP contribution in [0.5, 0.6) is 0 Å². The van der Waals surface area contributed by atoms with Gasteiger partial charge in [-0.1, -0.05) is 6.92 Å². The number of rotatable bonds is 10. The molecule has 0 aromatic heterocycles. The number of methoxy groups -OCH3 is 1. The monoisotopic (exact) mass is 321 g/mol. The first kappa shape index (κ1) is 18.8. The molecule has 0 atom stereocenters. The SMILES string of the molecule is CCCNCC1CCN(S(=O)(=O)N(C)CCCOC)CC1. The molecule has 0 aromatic carbocycles. The zero-order chi connectivity index (χ0) is 15.7. The van der Waals surface area contributed by atoms with Crippen LogP contribution in [0, 0.1) is 5.92 Å². The summed E-state index contributed by atoms with van der Waals surface area (Å²) in [5, 5.41) is 3.42. The highest BCUT2D eigenvalue weighted by Crippen LogP contribution is 2.20. The first-order valence-electron chi connectivity index (χ1n) is 7.93. The third kappa shape index (κ3) is 6.20. The Kier molecular flexibility index (Phi) is 8.73. The molecule has 0 bridgehead atoms. The van der Waals surface area contributed by atoms with Crippen molar-refractivity contribution in [1.29, 1.82) is 0 Å². The van der Waals surface area contributed by atoms with Crippen LogP contribution in [0.3, 0.4) is 0 Å². The summed E-state index contributed by atoms with van der Waals surface area (Å²) in [7, 11) is -0.0169. The van der Waals surface area contributed by atoms with Crippen LogP contribution in [0.1, 0.15) is 32.6 Å². The summed E-state index contributed by atoms with van der Waals surface area (Å²) in [5.74, 6) is 0.599. The van der Waals surface area contributed by atoms with Gasteiger partial charge in [0, 0.05) is 40.4 Å². The molecule has 1 N–H and O–H groups in total. The summed E-state index contributed by atoms with van der Waals surface area (Å²) in [5.41, 5.74) is 0. The first-order chi connectivity index (χ1) is 10.0. The average molecular weight is 321 g/mol. The normalized spacial score (nSPS) is 18.5. The van der Waals surface area contributed by atoms with Crippen LogP contribution in [-0.2, 0) is 14.9 Å². The minimum absolute atomic E-state index is 0.508. The van der Waals surface area contributed by atoms with Crippen LogP contribution in [0.25, 0.3) is 0 Å². The predicted octanol–water partition coefficient (Wildman–Crippen LogP) is 0.911. The Balaban J connectivity index is 2.37. The molecule has 0 spiro atoms. The van der Waals surface area contributed by atoms with Crippen LogP contribution in [0.2, 0.25) is 0 Å². The number of nitrogens with zero attached hydrogens (tertiary/aromatic N) is 2. The van der Waals surface area contributed by atoms with Gasteiger partial charge < -0.3 is 10.1 Å². The van der Waals surface area contributed by atoms with Gasteiger partial charge in [-0.25, -0.2) is 0 Å². The largest absolute Gasteiger partial charge is 0.385 e. The van der Waals surface area contributed by atoms with E-state index in [9.17, 15) is 8.42 Å². The summed E-state index contributed by atoms with van der Waals surface area (Å²) >= 11 is 0. The molecule has 0 saturated carbocycles. The average Bonchev–Trinajstić information content (AvgIpc) is 2.48. The van der Waals surface area contributed by atoms with Gasteiger partial charge in [0.1, 0.15) is 0 Å². The van der Waals surface area contributed by atoms with E-state index in [1.165, 1.54) is 4.31 Å². The third-order valence-corrected chi connectivity index (χ3v) is 5.96. The molecule has 1 rings (SSSR count). The van der Waals surface area contributed by atoms with Crippen molar-refractivity contribution in [2.75, 3.05) is 53.5 Å². The Hall–Kier alpha value is -0.210. The highest BCUT2D eigenvalue weighted by Gasteiger charge is 2.30. The minimum Gasteiger partial charge on any atom is -0.385 e. The molecule has 6 nitrogen and oxygen atoms in total. The van der Waals surface area contributed by atoms with Crippen LogP contribution in [-0.4, -0.2) is 70.5 Å².